The van der Waals surface area contributed by atoms with Crippen molar-refractivity contribution in [1.29, 1.82) is 0 Å². The summed E-state index contributed by atoms with van der Waals surface area (Å²) in [6.07, 6.45) is 4.05. The van der Waals surface area contributed by atoms with Crippen LogP contribution in [-0.4, -0.2) is 18.5 Å². The maximum atomic E-state index is 5.67. The molecule has 2 heteroatoms. The van der Waals surface area contributed by atoms with Gasteiger partial charge in [0.05, 0.1) is 5.38 Å². The lowest BCUT2D eigenvalue weighted by Gasteiger charge is -2.08. The van der Waals surface area contributed by atoms with Gasteiger partial charge in [0.25, 0.3) is 0 Å². The van der Waals surface area contributed by atoms with E-state index in [-0.39, 0.29) is 5.38 Å². The van der Waals surface area contributed by atoms with Crippen LogP contribution in [0.2, 0.25) is 0 Å². The van der Waals surface area contributed by atoms with Crippen LogP contribution in [0.1, 0.15) is 0 Å². The zero-order chi connectivity index (χ0) is 5.11. The minimum atomic E-state index is 0.216. The van der Waals surface area contributed by atoms with E-state index < -0.39 is 0 Å². The van der Waals surface area contributed by atoms with Crippen molar-refractivity contribution < 1.29 is 0 Å². The highest BCUT2D eigenvalue weighted by atomic mass is 35.5. The molecule has 0 bridgehead atoms. The molecule has 0 aromatic heterocycles. The highest BCUT2D eigenvalue weighted by Crippen LogP contribution is 1.98. The third-order valence-electron chi connectivity index (χ3n) is 0.946. The Balaban J connectivity index is 2.36. The molecule has 0 saturated carbocycles. The molecule has 1 atom stereocenters. The lowest BCUT2D eigenvalue weighted by Crippen LogP contribution is -2.25. The van der Waals surface area contributed by atoms with E-state index in [1.165, 1.54) is 0 Å². The van der Waals surface area contributed by atoms with Crippen LogP contribution >= 0.6 is 11.6 Å². The lowest BCUT2D eigenvalue weighted by molar-refractivity contribution is 0.733. The number of halogens is 1. The van der Waals surface area contributed by atoms with Crippen molar-refractivity contribution in [3.63, 3.8) is 0 Å². The van der Waals surface area contributed by atoms with Gasteiger partial charge >= 0.3 is 0 Å². The van der Waals surface area contributed by atoms with Crippen LogP contribution < -0.4 is 5.32 Å². The summed E-state index contributed by atoms with van der Waals surface area (Å²) >= 11 is 5.67. The maximum absolute atomic E-state index is 5.67. The molecule has 0 radical (unpaired) electrons. The van der Waals surface area contributed by atoms with Gasteiger partial charge in [0.2, 0.25) is 0 Å². The molecule has 1 aliphatic rings. The smallest absolute Gasteiger partial charge is 0.0641 e. The van der Waals surface area contributed by atoms with E-state index in [0.717, 1.165) is 13.1 Å². The van der Waals surface area contributed by atoms with Crippen LogP contribution in [0.3, 0.4) is 0 Å². The molecule has 0 aliphatic carbocycles. The highest BCUT2D eigenvalue weighted by Gasteiger charge is 1.99. The summed E-state index contributed by atoms with van der Waals surface area (Å²) in [4.78, 5) is 0. The Bertz CT molecular complexity index is 80.1. The molecule has 0 saturated heterocycles. The molecule has 1 nitrogen and oxygen atoms in total. The summed E-state index contributed by atoms with van der Waals surface area (Å²) in [5.41, 5.74) is 0. The lowest BCUT2D eigenvalue weighted by atomic mass is 10.3. The molecule has 0 amide bonds. The van der Waals surface area contributed by atoms with Gasteiger partial charge in [-0.25, -0.2) is 0 Å². The van der Waals surface area contributed by atoms with Crippen molar-refractivity contribution in [3.05, 3.63) is 12.2 Å². The van der Waals surface area contributed by atoms with Crippen molar-refractivity contribution >= 4 is 11.6 Å². The Morgan fingerprint density at radius 3 is 2.86 bits per heavy atom. The fourth-order valence-corrected chi connectivity index (χ4v) is 0.800. The molecule has 40 valence electrons. The molecule has 0 unspecified atom stereocenters. The molecular weight excluding hydrogens is 110 g/mol. The van der Waals surface area contributed by atoms with Gasteiger partial charge in [0.1, 0.15) is 0 Å². The van der Waals surface area contributed by atoms with E-state index in [1.54, 1.807) is 0 Å². The molecule has 1 aliphatic heterocycles. The van der Waals surface area contributed by atoms with Gasteiger partial charge in [0, 0.05) is 13.1 Å². The maximum Gasteiger partial charge on any atom is 0.0641 e. The topological polar surface area (TPSA) is 12.0 Å². The first-order valence-corrected chi connectivity index (χ1v) is 2.84. The molecule has 0 fully saturated rings. The molecule has 1 N–H and O–H groups in total. The molecule has 1 heterocycles. The standard InChI is InChI=1S/C5H8ClN/c6-5-2-1-3-7-4-5/h1-2,5,7H,3-4H2/t5-/m1/s1. The summed E-state index contributed by atoms with van der Waals surface area (Å²) in [6.45, 7) is 1.89. The highest BCUT2D eigenvalue weighted by molar-refractivity contribution is 6.22. The van der Waals surface area contributed by atoms with Gasteiger partial charge in [0.15, 0.2) is 0 Å². The van der Waals surface area contributed by atoms with Gasteiger partial charge in [-0.3, -0.25) is 0 Å². The van der Waals surface area contributed by atoms with Crippen LogP contribution in [0.5, 0.6) is 0 Å². The van der Waals surface area contributed by atoms with Crippen LogP contribution in [0.25, 0.3) is 0 Å². The molecule has 0 spiro atoms. The van der Waals surface area contributed by atoms with Crippen LogP contribution in [0, 0.1) is 0 Å². The third-order valence-corrected chi connectivity index (χ3v) is 1.25. The predicted molar refractivity (Wildman–Crippen MR) is 31.7 cm³/mol. The first-order valence-electron chi connectivity index (χ1n) is 2.41. The van der Waals surface area contributed by atoms with E-state index in [9.17, 15) is 0 Å². The first kappa shape index (κ1) is 5.13. The largest absolute Gasteiger partial charge is 0.311 e. The minimum absolute atomic E-state index is 0.216. The zero-order valence-corrected chi connectivity index (χ0v) is 4.78. The summed E-state index contributed by atoms with van der Waals surface area (Å²) in [5, 5.41) is 3.33. The van der Waals surface area contributed by atoms with Crippen LogP contribution in [0.4, 0.5) is 0 Å². The van der Waals surface area contributed by atoms with Crippen molar-refractivity contribution in [1.82, 2.24) is 5.32 Å². The summed E-state index contributed by atoms with van der Waals surface area (Å²) < 4.78 is 0. The number of hydrogen-bond acceptors (Lipinski definition) is 1. The number of alkyl halides is 1. The van der Waals surface area contributed by atoms with E-state index in [0.29, 0.717) is 0 Å². The van der Waals surface area contributed by atoms with Crippen LogP contribution in [0.15, 0.2) is 12.2 Å². The van der Waals surface area contributed by atoms with Crippen molar-refractivity contribution in [2.24, 2.45) is 0 Å². The van der Waals surface area contributed by atoms with Gasteiger partial charge in [-0.15, -0.1) is 11.6 Å². The molecule has 7 heavy (non-hydrogen) atoms. The summed E-state index contributed by atoms with van der Waals surface area (Å²) in [6, 6.07) is 0. The fraction of sp³-hybridized carbons (Fsp3) is 0.600. The number of rotatable bonds is 0. The van der Waals surface area contributed by atoms with Gasteiger partial charge in [-0.05, 0) is 0 Å². The Morgan fingerprint density at radius 2 is 2.57 bits per heavy atom. The van der Waals surface area contributed by atoms with Gasteiger partial charge in [-0.1, -0.05) is 12.2 Å². The molecule has 0 aromatic rings. The SMILES string of the molecule is Cl[C@@H]1C=CCNC1. The Morgan fingerprint density at radius 1 is 1.71 bits per heavy atom. The summed E-state index contributed by atoms with van der Waals surface area (Å²) in [5.74, 6) is 0. The quantitative estimate of drug-likeness (QED) is 0.365. The Labute approximate surface area is 48.4 Å². The number of nitrogens with one attached hydrogen (secondary N) is 1. The average molecular weight is 118 g/mol. The van der Waals surface area contributed by atoms with Crippen molar-refractivity contribution in [2.45, 2.75) is 5.38 Å². The zero-order valence-electron chi connectivity index (χ0n) is 4.02. The second-order valence-corrected chi connectivity index (χ2v) is 2.16. The molecule has 1 rings (SSSR count). The first-order chi connectivity index (χ1) is 3.39. The van der Waals surface area contributed by atoms with E-state index in [4.69, 9.17) is 11.6 Å². The van der Waals surface area contributed by atoms with Gasteiger partial charge in [-0.2, -0.15) is 0 Å². The average Bonchev–Trinajstić information content (AvgIpc) is 1.69. The molecule has 0 aromatic carbocycles. The minimum Gasteiger partial charge on any atom is -0.311 e. The third kappa shape index (κ3) is 1.49. The van der Waals surface area contributed by atoms with Gasteiger partial charge < -0.3 is 5.32 Å². The predicted octanol–water partition coefficient (Wildman–Crippen LogP) is 0.753. The van der Waals surface area contributed by atoms with Crippen molar-refractivity contribution in [2.75, 3.05) is 13.1 Å². The Hall–Kier alpha value is -0.0100. The van der Waals surface area contributed by atoms with E-state index >= 15 is 0 Å². The van der Waals surface area contributed by atoms with E-state index in [2.05, 4.69) is 5.32 Å². The second-order valence-electron chi connectivity index (χ2n) is 1.60. The molecular formula is C5H8ClN. The van der Waals surface area contributed by atoms with Crippen LogP contribution in [-0.2, 0) is 0 Å². The van der Waals surface area contributed by atoms with E-state index in [1.807, 2.05) is 12.2 Å². The normalized spacial score (nSPS) is 30.7. The van der Waals surface area contributed by atoms with Crippen molar-refractivity contribution in [3.8, 4) is 0 Å². The fourth-order valence-electron chi connectivity index (χ4n) is 0.588. The Kier molecular flexibility index (Phi) is 1.71. The monoisotopic (exact) mass is 117 g/mol. The number of hydrogen-bond donors (Lipinski definition) is 1. The summed E-state index contributed by atoms with van der Waals surface area (Å²) in [7, 11) is 0. The second kappa shape index (κ2) is 2.34.